The number of nitrogens with one attached hydrogen (secondary N) is 1. The molecule has 190 valence electrons. The first-order valence-corrected chi connectivity index (χ1v) is 12.0. The van der Waals surface area contributed by atoms with Crippen LogP contribution in [0.15, 0.2) is 17.1 Å². The van der Waals surface area contributed by atoms with Crippen molar-refractivity contribution in [3.8, 4) is 5.88 Å². The summed E-state index contributed by atoms with van der Waals surface area (Å²) in [6.45, 7) is 5.55. The number of likely N-dealkylation sites (tertiary alicyclic amines) is 1. The van der Waals surface area contributed by atoms with Crippen molar-refractivity contribution in [2.75, 3.05) is 13.1 Å². The lowest BCUT2D eigenvalue weighted by atomic mass is 9.91. The fraction of sp³-hybridized carbons (Fsp3) is 0.583. The Labute approximate surface area is 201 Å². The molecule has 2 aromatic rings. The van der Waals surface area contributed by atoms with Crippen LogP contribution >= 0.6 is 0 Å². The van der Waals surface area contributed by atoms with Gasteiger partial charge < -0.3 is 15.3 Å². The van der Waals surface area contributed by atoms with Crippen molar-refractivity contribution < 1.29 is 23.5 Å². The molecule has 2 aliphatic rings. The van der Waals surface area contributed by atoms with Gasteiger partial charge in [-0.1, -0.05) is 13.8 Å². The van der Waals surface area contributed by atoms with Crippen LogP contribution in [0.3, 0.4) is 0 Å². The van der Waals surface area contributed by atoms with Crippen molar-refractivity contribution in [1.82, 2.24) is 24.4 Å². The molecule has 2 fully saturated rings. The Hall–Kier alpha value is -3.24. The SMILES string of the molecule is CC(C)Cn1c(O)c(C(=O)NC2CC2)c(=O)n2ncc(C=CC(=O)N3CCC(C(C)(F)F)CC3)c12. The number of hydrogen-bond donors (Lipinski definition) is 2. The summed E-state index contributed by atoms with van der Waals surface area (Å²) >= 11 is 0. The molecular formula is C24H31F2N5O4. The number of carbonyl (C=O) groups excluding carboxylic acids is 2. The van der Waals surface area contributed by atoms with E-state index in [-0.39, 0.29) is 55.0 Å². The molecule has 2 amide bonds. The minimum atomic E-state index is -2.77. The first-order valence-electron chi connectivity index (χ1n) is 12.0. The maximum atomic E-state index is 13.6. The van der Waals surface area contributed by atoms with E-state index in [2.05, 4.69) is 10.4 Å². The quantitative estimate of drug-likeness (QED) is 0.579. The van der Waals surface area contributed by atoms with E-state index in [0.29, 0.717) is 12.1 Å². The number of halogens is 2. The number of aromatic nitrogens is 3. The molecule has 0 atom stereocenters. The van der Waals surface area contributed by atoms with Gasteiger partial charge in [-0.15, -0.1) is 0 Å². The molecule has 11 heteroatoms. The maximum Gasteiger partial charge on any atom is 0.291 e. The summed E-state index contributed by atoms with van der Waals surface area (Å²) < 4.78 is 29.6. The molecule has 1 saturated carbocycles. The number of alkyl halides is 2. The van der Waals surface area contributed by atoms with E-state index in [1.807, 2.05) is 13.8 Å². The van der Waals surface area contributed by atoms with Gasteiger partial charge in [-0.25, -0.2) is 8.78 Å². The highest BCUT2D eigenvalue weighted by atomic mass is 19.3. The Morgan fingerprint density at radius 2 is 1.91 bits per heavy atom. The van der Waals surface area contributed by atoms with Crippen LogP contribution in [0.25, 0.3) is 11.7 Å². The number of amides is 2. The molecule has 35 heavy (non-hydrogen) atoms. The normalized spacial score (nSPS) is 17.6. The van der Waals surface area contributed by atoms with E-state index in [4.69, 9.17) is 0 Å². The van der Waals surface area contributed by atoms with Gasteiger partial charge in [0.2, 0.25) is 17.7 Å². The molecule has 3 heterocycles. The molecule has 1 aliphatic carbocycles. The van der Waals surface area contributed by atoms with Crippen LogP contribution in [0.1, 0.15) is 62.4 Å². The van der Waals surface area contributed by atoms with Crippen LogP contribution < -0.4 is 10.9 Å². The fourth-order valence-electron chi connectivity index (χ4n) is 4.42. The maximum absolute atomic E-state index is 13.6. The van der Waals surface area contributed by atoms with Crippen molar-refractivity contribution in [2.24, 2.45) is 11.8 Å². The summed E-state index contributed by atoms with van der Waals surface area (Å²) in [6, 6.07) is 0.00583. The highest BCUT2D eigenvalue weighted by Gasteiger charge is 2.37. The van der Waals surface area contributed by atoms with Crippen molar-refractivity contribution >= 4 is 23.5 Å². The third kappa shape index (κ3) is 5.23. The highest BCUT2D eigenvalue weighted by molar-refractivity contribution is 5.97. The van der Waals surface area contributed by atoms with Crippen molar-refractivity contribution in [3.63, 3.8) is 0 Å². The monoisotopic (exact) mass is 491 g/mol. The lowest BCUT2D eigenvalue weighted by Crippen LogP contribution is -2.41. The van der Waals surface area contributed by atoms with E-state index in [9.17, 15) is 28.3 Å². The summed E-state index contributed by atoms with van der Waals surface area (Å²) in [5.74, 6) is -4.85. The van der Waals surface area contributed by atoms with Crippen LogP contribution in [-0.2, 0) is 11.3 Å². The van der Waals surface area contributed by atoms with E-state index >= 15 is 0 Å². The van der Waals surface area contributed by atoms with E-state index in [1.54, 1.807) is 0 Å². The average Bonchev–Trinajstić information content (AvgIpc) is 3.49. The molecule has 0 unspecified atom stereocenters. The van der Waals surface area contributed by atoms with Gasteiger partial charge >= 0.3 is 0 Å². The van der Waals surface area contributed by atoms with Crippen LogP contribution in [0.2, 0.25) is 0 Å². The predicted molar refractivity (Wildman–Crippen MR) is 125 cm³/mol. The molecular weight excluding hydrogens is 460 g/mol. The summed E-state index contributed by atoms with van der Waals surface area (Å²) in [7, 11) is 0. The molecule has 0 radical (unpaired) electrons. The number of aromatic hydroxyl groups is 1. The van der Waals surface area contributed by atoms with Gasteiger partial charge in [0.1, 0.15) is 5.65 Å². The van der Waals surface area contributed by atoms with Crippen LogP contribution in [0, 0.1) is 11.8 Å². The van der Waals surface area contributed by atoms with Crippen LogP contribution in [0.5, 0.6) is 5.88 Å². The number of hydrogen-bond acceptors (Lipinski definition) is 5. The number of rotatable bonds is 7. The second-order valence-electron chi connectivity index (χ2n) is 9.98. The summed E-state index contributed by atoms with van der Waals surface area (Å²) in [5.41, 5.74) is -0.437. The Morgan fingerprint density at radius 3 is 2.49 bits per heavy atom. The summed E-state index contributed by atoms with van der Waals surface area (Å²) in [4.78, 5) is 39.9. The third-order valence-electron chi connectivity index (χ3n) is 6.53. The number of piperidine rings is 1. The van der Waals surface area contributed by atoms with Crippen LogP contribution in [0.4, 0.5) is 8.78 Å². The van der Waals surface area contributed by atoms with Gasteiger partial charge in [-0.05, 0) is 44.6 Å². The third-order valence-corrected chi connectivity index (χ3v) is 6.53. The minimum absolute atomic E-state index is 0.00583. The smallest absolute Gasteiger partial charge is 0.291 e. The summed E-state index contributed by atoms with van der Waals surface area (Å²) in [6.07, 6.45) is 6.32. The molecule has 2 N–H and O–H groups in total. The minimum Gasteiger partial charge on any atom is -0.494 e. The zero-order chi connectivity index (χ0) is 25.5. The van der Waals surface area contributed by atoms with E-state index in [0.717, 1.165) is 24.3 Å². The molecule has 0 bridgehead atoms. The molecule has 9 nitrogen and oxygen atoms in total. The summed E-state index contributed by atoms with van der Waals surface area (Å²) in [5, 5.41) is 17.8. The Bertz CT molecular complexity index is 1220. The second-order valence-corrected chi connectivity index (χ2v) is 9.98. The fourth-order valence-corrected chi connectivity index (χ4v) is 4.42. The number of fused-ring (bicyclic) bond motifs is 1. The average molecular weight is 492 g/mol. The van der Waals surface area contributed by atoms with Gasteiger partial charge in [0.15, 0.2) is 5.56 Å². The zero-order valence-corrected chi connectivity index (χ0v) is 20.1. The topological polar surface area (TPSA) is 109 Å². The van der Waals surface area contributed by atoms with Crippen molar-refractivity contribution in [1.29, 1.82) is 0 Å². The van der Waals surface area contributed by atoms with Crippen molar-refractivity contribution in [2.45, 2.75) is 65.0 Å². The number of nitrogens with zero attached hydrogens (tertiary/aromatic N) is 4. The van der Waals surface area contributed by atoms with Crippen molar-refractivity contribution in [3.05, 3.63) is 33.8 Å². The lowest BCUT2D eigenvalue weighted by molar-refractivity contribution is -0.130. The van der Waals surface area contributed by atoms with E-state index in [1.165, 1.54) is 27.8 Å². The van der Waals surface area contributed by atoms with Gasteiger partial charge in [0, 0.05) is 43.2 Å². The lowest BCUT2D eigenvalue weighted by Gasteiger charge is -2.34. The van der Waals surface area contributed by atoms with Gasteiger partial charge in [0.05, 0.1) is 6.20 Å². The second kappa shape index (κ2) is 9.43. The molecule has 4 rings (SSSR count). The molecule has 1 saturated heterocycles. The standard InChI is InChI=1S/C24H31F2N5O4/c1-14(2)13-30-21-15(4-7-18(32)29-10-8-16(9-11-29)24(3,25)26)12-27-31(21)23(35)19(22(30)34)20(33)28-17-5-6-17/h4,7,12,14,16-17,34H,5-6,8-11,13H2,1-3H3,(H,28,33). The highest BCUT2D eigenvalue weighted by Crippen LogP contribution is 2.32. The first kappa shape index (κ1) is 24.9. The number of carbonyl (C=O) groups is 2. The molecule has 1 aliphatic heterocycles. The first-order chi connectivity index (χ1) is 16.5. The zero-order valence-electron chi connectivity index (χ0n) is 20.1. The van der Waals surface area contributed by atoms with Gasteiger partial charge in [0.25, 0.3) is 11.5 Å². The molecule has 0 aromatic carbocycles. The van der Waals surface area contributed by atoms with Gasteiger partial charge in [-0.3, -0.25) is 19.0 Å². The Kier molecular flexibility index (Phi) is 6.70. The van der Waals surface area contributed by atoms with Gasteiger partial charge in [-0.2, -0.15) is 9.61 Å². The predicted octanol–water partition coefficient (Wildman–Crippen LogP) is 2.66. The van der Waals surface area contributed by atoms with Crippen LogP contribution in [-0.4, -0.2) is 61.1 Å². The van der Waals surface area contributed by atoms with E-state index < -0.39 is 29.2 Å². The largest absolute Gasteiger partial charge is 0.494 e. The Balaban J connectivity index is 1.63. The molecule has 0 spiro atoms. The Morgan fingerprint density at radius 1 is 1.26 bits per heavy atom. The molecule has 2 aromatic heterocycles.